The molecule has 1 saturated heterocycles. The Kier molecular flexibility index (Phi) is 7.43. The van der Waals surface area contributed by atoms with Crippen LogP contribution in [0.15, 0.2) is 53.5 Å². The fourth-order valence-corrected chi connectivity index (χ4v) is 5.24. The first-order valence-electron chi connectivity index (χ1n) is 12.2. The number of nitrogens with two attached hydrogens (primary N) is 1. The SMILES string of the molecule is Cc1cc([C@@H](C)OC[C@@]2(c3ccccc3)CC[C@](CC(N)=O)(N3C=NCC3=O)CN2)cc(C(F)(F)F)c1. The standard InChI is InChI=1S/C27H31F3N4O3/c1-18-10-20(12-22(11-18)27(28,29)30)19(2)37-16-26(21-6-4-3-5-7-21)9-8-25(15-33-26,13-23(31)35)34-17-32-14-24(34)36/h3-7,10-12,17,19,33H,8-9,13-16H2,1-2H3,(H2,31,35)/t19-,25-,26-/m1/s1. The maximum Gasteiger partial charge on any atom is 0.416 e. The average molecular weight is 517 g/mol. The van der Waals surface area contributed by atoms with Crippen LogP contribution in [0.25, 0.3) is 0 Å². The molecule has 0 aromatic heterocycles. The van der Waals surface area contributed by atoms with E-state index >= 15 is 0 Å². The Balaban J connectivity index is 1.59. The summed E-state index contributed by atoms with van der Waals surface area (Å²) >= 11 is 0. The van der Waals surface area contributed by atoms with Crippen LogP contribution >= 0.6 is 0 Å². The molecule has 2 amide bonds. The van der Waals surface area contributed by atoms with Crippen molar-refractivity contribution >= 4 is 18.2 Å². The van der Waals surface area contributed by atoms with Crippen LogP contribution in [0.1, 0.15) is 54.5 Å². The van der Waals surface area contributed by atoms with Crippen LogP contribution in [-0.2, 0) is 26.0 Å². The zero-order valence-corrected chi connectivity index (χ0v) is 20.8. The van der Waals surface area contributed by atoms with Gasteiger partial charge in [-0.25, -0.2) is 0 Å². The predicted octanol–water partition coefficient (Wildman–Crippen LogP) is 3.86. The fourth-order valence-electron chi connectivity index (χ4n) is 5.24. The van der Waals surface area contributed by atoms with Gasteiger partial charge >= 0.3 is 6.18 Å². The first kappa shape index (κ1) is 26.8. The number of alkyl halides is 3. The number of hydrogen-bond acceptors (Lipinski definition) is 5. The Labute approximate surface area is 213 Å². The number of ether oxygens (including phenoxy) is 1. The Hall–Kier alpha value is -3.24. The van der Waals surface area contributed by atoms with Crippen LogP contribution in [0.3, 0.4) is 0 Å². The molecule has 2 aromatic carbocycles. The quantitative estimate of drug-likeness (QED) is 0.557. The number of nitrogens with one attached hydrogen (secondary N) is 1. The minimum absolute atomic E-state index is 0.0244. The number of primary amides is 1. The number of carbonyl (C=O) groups is 2. The lowest BCUT2D eigenvalue weighted by atomic mass is 9.74. The highest BCUT2D eigenvalue weighted by molar-refractivity contribution is 5.95. The van der Waals surface area contributed by atoms with E-state index in [2.05, 4.69) is 10.3 Å². The Morgan fingerprint density at radius 2 is 1.95 bits per heavy atom. The molecule has 2 aliphatic heterocycles. The summed E-state index contributed by atoms with van der Waals surface area (Å²) in [5, 5.41) is 3.53. The number of aryl methyl sites for hydroxylation is 1. The van der Waals surface area contributed by atoms with Crippen molar-refractivity contribution in [1.29, 1.82) is 0 Å². The first-order chi connectivity index (χ1) is 17.4. The van der Waals surface area contributed by atoms with E-state index in [1.54, 1.807) is 19.9 Å². The topological polar surface area (TPSA) is 97.0 Å². The van der Waals surface area contributed by atoms with Crippen molar-refractivity contribution in [3.05, 3.63) is 70.8 Å². The van der Waals surface area contributed by atoms with Gasteiger partial charge < -0.3 is 15.8 Å². The molecule has 0 bridgehead atoms. The van der Waals surface area contributed by atoms with Crippen LogP contribution in [0.4, 0.5) is 13.2 Å². The maximum atomic E-state index is 13.4. The van der Waals surface area contributed by atoms with Gasteiger partial charge in [0.25, 0.3) is 0 Å². The van der Waals surface area contributed by atoms with Gasteiger partial charge in [0.05, 0.1) is 42.1 Å². The summed E-state index contributed by atoms with van der Waals surface area (Å²) in [6.07, 6.45) is -2.66. The second-order valence-electron chi connectivity index (χ2n) is 9.97. The molecule has 3 N–H and O–H groups in total. The lowest BCUT2D eigenvalue weighted by Gasteiger charge is -2.50. The molecule has 0 aliphatic carbocycles. The Morgan fingerprint density at radius 1 is 1.22 bits per heavy atom. The minimum atomic E-state index is -4.45. The van der Waals surface area contributed by atoms with Crippen LogP contribution < -0.4 is 11.1 Å². The van der Waals surface area contributed by atoms with Crippen molar-refractivity contribution < 1.29 is 27.5 Å². The molecule has 1 fully saturated rings. The first-order valence-corrected chi connectivity index (χ1v) is 12.2. The third-order valence-corrected chi connectivity index (χ3v) is 7.28. The van der Waals surface area contributed by atoms with Crippen molar-refractivity contribution in [3.63, 3.8) is 0 Å². The second kappa shape index (κ2) is 10.3. The van der Waals surface area contributed by atoms with Crippen molar-refractivity contribution in [1.82, 2.24) is 10.2 Å². The summed E-state index contributed by atoms with van der Waals surface area (Å²) in [6, 6.07) is 13.5. The number of piperidine rings is 1. The van der Waals surface area contributed by atoms with Crippen LogP contribution in [-0.4, -0.2) is 48.3 Å². The summed E-state index contributed by atoms with van der Waals surface area (Å²) in [4.78, 5) is 30.0. The largest absolute Gasteiger partial charge is 0.416 e. The molecule has 7 nitrogen and oxygen atoms in total. The number of amides is 2. The Bertz CT molecular complexity index is 1180. The van der Waals surface area contributed by atoms with Gasteiger partial charge in [0.2, 0.25) is 11.8 Å². The molecule has 0 unspecified atom stereocenters. The van der Waals surface area contributed by atoms with Gasteiger partial charge in [-0.3, -0.25) is 19.5 Å². The number of aliphatic imine (C=N–C) groups is 1. The van der Waals surface area contributed by atoms with Gasteiger partial charge in [0.15, 0.2) is 0 Å². The molecule has 2 aliphatic rings. The van der Waals surface area contributed by atoms with E-state index in [1.165, 1.54) is 11.2 Å². The maximum absolute atomic E-state index is 13.4. The van der Waals surface area contributed by atoms with Crippen molar-refractivity contribution in [2.24, 2.45) is 10.7 Å². The Morgan fingerprint density at radius 3 is 2.51 bits per heavy atom. The van der Waals surface area contributed by atoms with Crippen LogP contribution in [0.5, 0.6) is 0 Å². The summed E-state index contributed by atoms with van der Waals surface area (Å²) in [5.41, 5.74) is 5.19. The van der Waals surface area contributed by atoms with Gasteiger partial charge in [-0.15, -0.1) is 0 Å². The molecule has 0 spiro atoms. The summed E-state index contributed by atoms with van der Waals surface area (Å²) in [6.45, 7) is 3.82. The van der Waals surface area contributed by atoms with Crippen molar-refractivity contribution in [2.75, 3.05) is 19.7 Å². The number of carbonyl (C=O) groups excluding carboxylic acids is 2. The number of rotatable bonds is 8. The third-order valence-electron chi connectivity index (χ3n) is 7.28. The van der Waals surface area contributed by atoms with E-state index in [9.17, 15) is 22.8 Å². The van der Waals surface area contributed by atoms with Gasteiger partial charge in [-0.2, -0.15) is 13.2 Å². The smallest absolute Gasteiger partial charge is 0.372 e. The van der Waals surface area contributed by atoms with E-state index in [4.69, 9.17) is 10.5 Å². The lowest BCUT2D eigenvalue weighted by Crippen LogP contribution is -2.65. The summed E-state index contributed by atoms with van der Waals surface area (Å²) < 4.78 is 46.3. The molecular formula is C27H31F3N4O3. The van der Waals surface area contributed by atoms with Crippen LogP contribution in [0.2, 0.25) is 0 Å². The zero-order chi connectivity index (χ0) is 26.8. The number of halogens is 3. The third kappa shape index (κ3) is 5.70. The number of hydrogen-bond donors (Lipinski definition) is 2. The van der Waals surface area contributed by atoms with Gasteiger partial charge in [-0.1, -0.05) is 42.0 Å². The van der Waals surface area contributed by atoms with Crippen molar-refractivity contribution in [2.45, 2.75) is 56.5 Å². The van der Waals surface area contributed by atoms with E-state index in [1.807, 2.05) is 30.3 Å². The molecule has 37 heavy (non-hydrogen) atoms. The molecule has 2 heterocycles. The van der Waals surface area contributed by atoms with E-state index < -0.39 is 34.8 Å². The highest BCUT2D eigenvalue weighted by Crippen LogP contribution is 2.40. The highest BCUT2D eigenvalue weighted by Gasteiger charge is 2.49. The molecule has 4 rings (SSSR count). The van der Waals surface area contributed by atoms with Gasteiger partial charge in [-0.05, 0) is 49.9 Å². The van der Waals surface area contributed by atoms with Gasteiger partial charge in [0, 0.05) is 6.54 Å². The summed E-state index contributed by atoms with van der Waals surface area (Å²) in [5.74, 6) is -0.716. The molecule has 0 radical (unpaired) electrons. The van der Waals surface area contributed by atoms with Crippen molar-refractivity contribution in [3.8, 4) is 0 Å². The predicted molar refractivity (Wildman–Crippen MR) is 133 cm³/mol. The highest BCUT2D eigenvalue weighted by atomic mass is 19.4. The fraction of sp³-hybridized carbons (Fsp3) is 0.444. The molecule has 198 valence electrons. The monoisotopic (exact) mass is 516 g/mol. The van der Waals surface area contributed by atoms with E-state index in [0.29, 0.717) is 24.0 Å². The molecule has 3 atom stereocenters. The zero-order valence-electron chi connectivity index (χ0n) is 20.8. The lowest BCUT2D eigenvalue weighted by molar-refractivity contribution is -0.137. The summed E-state index contributed by atoms with van der Waals surface area (Å²) in [7, 11) is 0. The molecule has 2 aromatic rings. The van der Waals surface area contributed by atoms with E-state index in [-0.39, 0.29) is 32.0 Å². The molecule has 10 heteroatoms. The second-order valence-corrected chi connectivity index (χ2v) is 9.97. The number of nitrogens with zero attached hydrogens (tertiary/aromatic N) is 2. The number of benzene rings is 2. The normalized spacial score (nSPS) is 24.9. The molecule has 0 saturated carbocycles. The average Bonchev–Trinajstić information content (AvgIpc) is 3.29. The van der Waals surface area contributed by atoms with Gasteiger partial charge in [0.1, 0.15) is 6.54 Å². The molecular weight excluding hydrogens is 485 g/mol. The van der Waals surface area contributed by atoms with Crippen LogP contribution in [0, 0.1) is 6.92 Å². The minimum Gasteiger partial charge on any atom is -0.372 e. The van der Waals surface area contributed by atoms with E-state index in [0.717, 1.165) is 17.7 Å².